The Labute approximate surface area is 160 Å². The van der Waals surface area contributed by atoms with Crippen molar-refractivity contribution in [2.75, 3.05) is 6.54 Å². The standard InChI is InChI=1S/C19H21N3O6/c1-11-3-4-17-20-13(6-18(24)21(17)8-11)10-28-19(25)7-14-15(9-22(26)27)12(2)5-16(14)23/h3-4,6,8,12,14-15H,5,7,9-10H2,1-2H3/t12-,14+,15+/m1/s1. The second kappa shape index (κ2) is 7.87. The summed E-state index contributed by atoms with van der Waals surface area (Å²) >= 11 is 0. The molecule has 0 amide bonds. The van der Waals surface area contributed by atoms with E-state index in [9.17, 15) is 24.5 Å². The number of Topliss-reactive ketones (excluding diaryl/α,β-unsaturated/α-hetero) is 1. The van der Waals surface area contributed by atoms with Gasteiger partial charge in [-0.3, -0.25) is 28.9 Å². The summed E-state index contributed by atoms with van der Waals surface area (Å²) in [5.41, 5.74) is 1.37. The minimum absolute atomic E-state index is 0.138. The number of ether oxygens (including phenoxy) is 1. The van der Waals surface area contributed by atoms with Gasteiger partial charge in [0.15, 0.2) is 0 Å². The molecule has 0 spiro atoms. The first-order chi connectivity index (χ1) is 13.2. The number of nitrogens with zero attached hydrogens (tertiary/aromatic N) is 3. The summed E-state index contributed by atoms with van der Waals surface area (Å²) in [6.07, 6.45) is 1.70. The number of pyridine rings is 1. The van der Waals surface area contributed by atoms with E-state index in [1.165, 1.54) is 10.5 Å². The molecule has 148 valence electrons. The van der Waals surface area contributed by atoms with Crippen molar-refractivity contribution >= 4 is 17.4 Å². The number of carbonyl (C=O) groups is 2. The van der Waals surface area contributed by atoms with Gasteiger partial charge in [-0.05, 0) is 24.5 Å². The Hall–Kier alpha value is -3.10. The summed E-state index contributed by atoms with van der Waals surface area (Å²) in [7, 11) is 0. The van der Waals surface area contributed by atoms with Crippen LogP contribution in [0.4, 0.5) is 0 Å². The SMILES string of the molecule is Cc1ccc2nc(COC(=O)C[C@@H]3C(=O)C[C@@H](C)[C@@H]3C[N+](=O)[O-])cc(=O)n2c1. The molecule has 1 saturated carbocycles. The number of hydrogen-bond donors (Lipinski definition) is 0. The van der Waals surface area contributed by atoms with Gasteiger partial charge < -0.3 is 4.74 Å². The number of carbonyl (C=O) groups excluding carboxylic acids is 2. The summed E-state index contributed by atoms with van der Waals surface area (Å²) in [6, 6.07) is 4.81. The Kier molecular flexibility index (Phi) is 5.53. The minimum atomic E-state index is -0.703. The summed E-state index contributed by atoms with van der Waals surface area (Å²) in [5, 5.41) is 10.8. The number of fused-ring (bicyclic) bond motifs is 1. The van der Waals surface area contributed by atoms with E-state index in [-0.39, 0.29) is 43.3 Å². The van der Waals surface area contributed by atoms with Crippen molar-refractivity contribution < 1.29 is 19.2 Å². The quantitative estimate of drug-likeness (QED) is 0.419. The number of rotatable bonds is 6. The molecule has 0 unspecified atom stereocenters. The molecule has 9 heteroatoms. The first-order valence-electron chi connectivity index (χ1n) is 9.03. The van der Waals surface area contributed by atoms with E-state index >= 15 is 0 Å². The van der Waals surface area contributed by atoms with Gasteiger partial charge >= 0.3 is 5.97 Å². The van der Waals surface area contributed by atoms with Gasteiger partial charge in [-0.25, -0.2) is 4.98 Å². The molecule has 0 aromatic carbocycles. The Morgan fingerprint density at radius 2 is 2.14 bits per heavy atom. The zero-order chi connectivity index (χ0) is 20.4. The van der Waals surface area contributed by atoms with E-state index in [0.29, 0.717) is 11.3 Å². The average Bonchev–Trinajstić information content (AvgIpc) is 2.87. The van der Waals surface area contributed by atoms with Crippen molar-refractivity contribution in [1.82, 2.24) is 9.38 Å². The van der Waals surface area contributed by atoms with Crippen LogP contribution in [0.5, 0.6) is 0 Å². The Morgan fingerprint density at radius 1 is 1.39 bits per heavy atom. The zero-order valence-electron chi connectivity index (χ0n) is 15.7. The summed E-state index contributed by atoms with van der Waals surface area (Å²) in [5.74, 6) is -2.09. The van der Waals surface area contributed by atoms with Crippen molar-refractivity contribution in [3.8, 4) is 0 Å². The summed E-state index contributed by atoms with van der Waals surface area (Å²) < 4.78 is 6.59. The molecule has 0 aliphatic heterocycles. The predicted octanol–water partition coefficient (Wildman–Crippen LogP) is 1.55. The van der Waals surface area contributed by atoms with Gasteiger partial charge in [0.25, 0.3) is 5.56 Å². The molecule has 28 heavy (non-hydrogen) atoms. The second-order valence-corrected chi connectivity index (χ2v) is 7.32. The summed E-state index contributed by atoms with van der Waals surface area (Å²) in [6.45, 7) is 3.10. The van der Waals surface area contributed by atoms with Gasteiger partial charge in [-0.2, -0.15) is 0 Å². The molecule has 2 aromatic heterocycles. The van der Waals surface area contributed by atoms with Crippen LogP contribution in [0.3, 0.4) is 0 Å². The van der Waals surface area contributed by atoms with Crippen LogP contribution in [0, 0.1) is 34.8 Å². The van der Waals surface area contributed by atoms with Crippen LogP contribution in [-0.4, -0.2) is 32.6 Å². The molecular weight excluding hydrogens is 366 g/mol. The molecule has 3 atom stereocenters. The minimum Gasteiger partial charge on any atom is -0.459 e. The van der Waals surface area contributed by atoms with Crippen molar-refractivity contribution in [1.29, 1.82) is 0 Å². The maximum Gasteiger partial charge on any atom is 0.306 e. The van der Waals surface area contributed by atoms with Crippen LogP contribution < -0.4 is 5.56 Å². The molecule has 1 fully saturated rings. The van der Waals surface area contributed by atoms with E-state index in [1.54, 1.807) is 19.2 Å². The first kappa shape index (κ1) is 19.7. The van der Waals surface area contributed by atoms with Crippen LogP contribution >= 0.6 is 0 Å². The smallest absolute Gasteiger partial charge is 0.306 e. The highest BCUT2D eigenvalue weighted by Gasteiger charge is 2.44. The number of aromatic nitrogens is 2. The number of nitro groups is 1. The van der Waals surface area contributed by atoms with Crippen LogP contribution in [0.15, 0.2) is 29.2 Å². The molecule has 0 radical (unpaired) electrons. The highest BCUT2D eigenvalue weighted by atomic mass is 16.6. The number of aryl methyl sites for hydroxylation is 1. The second-order valence-electron chi connectivity index (χ2n) is 7.32. The number of hydrogen-bond acceptors (Lipinski definition) is 7. The lowest BCUT2D eigenvalue weighted by Gasteiger charge is -2.17. The largest absolute Gasteiger partial charge is 0.459 e. The Balaban J connectivity index is 1.66. The first-order valence-corrected chi connectivity index (χ1v) is 9.03. The fraction of sp³-hybridized carbons (Fsp3) is 0.474. The maximum absolute atomic E-state index is 12.2. The van der Waals surface area contributed by atoms with E-state index in [0.717, 1.165) is 5.56 Å². The normalized spacial score (nSPS) is 21.8. The molecule has 0 bridgehead atoms. The molecule has 2 heterocycles. The third kappa shape index (κ3) is 4.24. The zero-order valence-corrected chi connectivity index (χ0v) is 15.7. The van der Waals surface area contributed by atoms with Crippen molar-refractivity contribution in [3.05, 3.63) is 56.1 Å². The van der Waals surface area contributed by atoms with Gasteiger partial charge in [-0.1, -0.05) is 13.0 Å². The Bertz CT molecular complexity index is 999. The van der Waals surface area contributed by atoms with E-state index in [1.807, 2.05) is 13.0 Å². The number of ketones is 1. The third-order valence-corrected chi connectivity index (χ3v) is 5.17. The Morgan fingerprint density at radius 3 is 2.86 bits per heavy atom. The van der Waals surface area contributed by atoms with Crippen molar-refractivity contribution in [2.24, 2.45) is 17.8 Å². The van der Waals surface area contributed by atoms with Crippen LogP contribution in [0.2, 0.25) is 0 Å². The predicted molar refractivity (Wildman–Crippen MR) is 98.2 cm³/mol. The topological polar surface area (TPSA) is 121 Å². The molecular formula is C19H21N3O6. The fourth-order valence-electron chi connectivity index (χ4n) is 3.73. The average molecular weight is 387 g/mol. The van der Waals surface area contributed by atoms with Crippen molar-refractivity contribution in [3.63, 3.8) is 0 Å². The van der Waals surface area contributed by atoms with E-state index < -0.39 is 22.7 Å². The third-order valence-electron chi connectivity index (χ3n) is 5.17. The van der Waals surface area contributed by atoms with Gasteiger partial charge in [0.05, 0.1) is 12.1 Å². The molecule has 2 aromatic rings. The molecule has 9 nitrogen and oxygen atoms in total. The van der Waals surface area contributed by atoms with Gasteiger partial charge in [-0.15, -0.1) is 0 Å². The fourth-order valence-corrected chi connectivity index (χ4v) is 3.73. The van der Waals surface area contributed by atoms with Crippen molar-refractivity contribution in [2.45, 2.75) is 33.3 Å². The lowest BCUT2D eigenvalue weighted by Crippen LogP contribution is -2.27. The van der Waals surface area contributed by atoms with Crippen LogP contribution in [0.25, 0.3) is 5.65 Å². The van der Waals surface area contributed by atoms with Crippen LogP contribution in [0.1, 0.15) is 31.0 Å². The summed E-state index contributed by atoms with van der Waals surface area (Å²) in [4.78, 5) is 51.2. The monoisotopic (exact) mass is 387 g/mol. The highest BCUT2D eigenvalue weighted by molar-refractivity contribution is 5.87. The molecule has 1 aliphatic carbocycles. The van der Waals surface area contributed by atoms with E-state index in [2.05, 4.69) is 4.98 Å². The maximum atomic E-state index is 12.2. The molecule has 0 N–H and O–H groups in total. The number of esters is 1. The lowest BCUT2D eigenvalue weighted by atomic mass is 9.88. The van der Waals surface area contributed by atoms with E-state index in [4.69, 9.17) is 4.74 Å². The van der Waals surface area contributed by atoms with Gasteiger partial charge in [0.2, 0.25) is 6.54 Å². The molecule has 3 rings (SSSR count). The molecule has 0 saturated heterocycles. The lowest BCUT2D eigenvalue weighted by molar-refractivity contribution is -0.490. The van der Waals surface area contributed by atoms with Crippen LogP contribution in [-0.2, 0) is 20.9 Å². The van der Waals surface area contributed by atoms with Gasteiger partial charge in [0.1, 0.15) is 18.0 Å². The highest BCUT2D eigenvalue weighted by Crippen LogP contribution is 2.36. The van der Waals surface area contributed by atoms with Gasteiger partial charge in [0, 0.05) is 35.4 Å². The molecule has 1 aliphatic rings.